The summed E-state index contributed by atoms with van der Waals surface area (Å²) in [6.07, 6.45) is 1.26. The van der Waals surface area contributed by atoms with Crippen LogP contribution >= 0.6 is 0 Å². The zero-order chi connectivity index (χ0) is 10.8. The molecular formula is C6H9N3O4S. The molecule has 0 saturated carbocycles. The van der Waals surface area contributed by atoms with Gasteiger partial charge in [0.05, 0.1) is 6.20 Å². The van der Waals surface area contributed by atoms with Crippen molar-refractivity contribution >= 4 is 16.0 Å². The third-order valence-electron chi connectivity index (χ3n) is 1.47. The first-order valence-corrected chi connectivity index (χ1v) is 5.16. The van der Waals surface area contributed by atoms with E-state index < -0.39 is 22.0 Å². The van der Waals surface area contributed by atoms with Crippen LogP contribution in [-0.2, 0) is 14.8 Å². The standard InChI is InChI=1S/C6H9N3O4S/c1-4(6(10)11)9-14(12,13)5-2-3-7-8-5/h2-4,9H,1H3,(H,7,8)(H,10,11)/t4-/m0/s1. The molecule has 0 spiro atoms. The summed E-state index contributed by atoms with van der Waals surface area (Å²) in [4.78, 5) is 10.4. The second-order valence-electron chi connectivity index (χ2n) is 2.60. The second kappa shape index (κ2) is 3.76. The number of nitrogens with zero attached hydrogens (tertiary/aromatic N) is 1. The van der Waals surface area contributed by atoms with E-state index in [1.54, 1.807) is 0 Å². The van der Waals surface area contributed by atoms with Crippen LogP contribution in [0, 0.1) is 0 Å². The maximum atomic E-state index is 11.4. The molecule has 0 aliphatic carbocycles. The third-order valence-corrected chi connectivity index (χ3v) is 2.94. The van der Waals surface area contributed by atoms with Crippen molar-refractivity contribution in [2.24, 2.45) is 0 Å². The summed E-state index contributed by atoms with van der Waals surface area (Å²) in [5.74, 6) is -1.24. The van der Waals surface area contributed by atoms with Crippen LogP contribution in [0.5, 0.6) is 0 Å². The van der Waals surface area contributed by atoms with Crippen LogP contribution < -0.4 is 4.72 Å². The Morgan fingerprint density at radius 3 is 2.79 bits per heavy atom. The Labute approximate surface area is 80.2 Å². The highest BCUT2D eigenvalue weighted by atomic mass is 32.2. The van der Waals surface area contributed by atoms with Gasteiger partial charge in [0, 0.05) is 0 Å². The summed E-state index contributed by atoms with van der Waals surface area (Å²) in [5.41, 5.74) is 0. The molecule has 0 aliphatic rings. The predicted molar refractivity (Wildman–Crippen MR) is 46.0 cm³/mol. The van der Waals surface area contributed by atoms with Crippen molar-refractivity contribution < 1.29 is 18.3 Å². The molecule has 14 heavy (non-hydrogen) atoms. The van der Waals surface area contributed by atoms with Crippen molar-refractivity contribution in [1.82, 2.24) is 14.9 Å². The molecule has 0 aliphatic heterocycles. The SMILES string of the molecule is C[C@H](NS(=O)(=O)c1ccn[nH]1)C(=O)O. The molecule has 1 aromatic rings. The molecular weight excluding hydrogens is 210 g/mol. The largest absolute Gasteiger partial charge is 0.480 e. The van der Waals surface area contributed by atoms with Gasteiger partial charge in [-0.3, -0.25) is 9.89 Å². The van der Waals surface area contributed by atoms with Crippen molar-refractivity contribution in [2.75, 3.05) is 0 Å². The highest BCUT2D eigenvalue weighted by Crippen LogP contribution is 2.03. The lowest BCUT2D eigenvalue weighted by Crippen LogP contribution is -2.38. The van der Waals surface area contributed by atoms with E-state index in [9.17, 15) is 13.2 Å². The van der Waals surface area contributed by atoms with E-state index in [4.69, 9.17) is 5.11 Å². The number of hydrogen-bond acceptors (Lipinski definition) is 4. The van der Waals surface area contributed by atoms with Crippen LogP contribution in [0.1, 0.15) is 6.92 Å². The van der Waals surface area contributed by atoms with E-state index >= 15 is 0 Å². The van der Waals surface area contributed by atoms with E-state index in [1.165, 1.54) is 19.2 Å². The molecule has 1 rings (SSSR count). The Kier molecular flexibility index (Phi) is 2.87. The molecule has 78 valence electrons. The average Bonchev–Trinajstić information content (AvgIpc) is 2.54. The molecule has 0 fully saturated rings. The summed E-state index contributed by atoms with van der Waals surface area (Å²) >= 11 is 0. The first-order valence-electron chi connectivity index (χ1n) is 3.68. The second-order valence-corrected chi connectivity index (χ2v) is 4.28. The van der Waals surface area contributed by atoms with Gasteiger partial charge in [-0.1, -0.05) is 0 Å². The number of H-pyrrole nitrogens is 1. The summed E-state index contributed by atoms with van der Waals surface area (Å²) < 4.78 is 24.7. The van der Waals surface area contributed by atoms with Gasteiger partial charge in [0.2, 0.25) is 0 Å². The summed E-state index contributed by atoms with van der Waals surface area (Å²) in [5, 5.41) is 14.0. The zero-order valence-electron chi connectivity index (χ0n) is 7.26. The summed E-state index contributed by atoms with van der Waals surface area (Å²) in [6, 6.07) is 0.0555. The maximum Gasteiger partial charge on any atom is 0.321 e. The first kappa shape index (κ1) is 10.7. The molecule has 1 atom stereocenters. The third kappa shape index (κ3) is 2.30. The van der Waals surface area contributed by atoms with Crippen molar-refractivity contribution in [1.29, 1.82) is 0 Å². The van der Waals surface area contributed by atoms with Crippen LogP contribution in [0.3, 0.4) is 0 Å². The number of nitrogens with one attached hydrogen (secondary N) is 2. The molecule has 0 aromatic carbocycles. The van der Waals surface area contributed by atoms with Crippen molar-refractivity contribution in [3.8, 4) is 0 Å². The minimum atomic E-state index is -3.81. The smallest absolute Gasteiger partial charge is 0.321 e. The Balaban J connectivity index is 2.84. The highest BCUT2D eigenvalue weighted by Gasteiger charge is 2.22. The Bertz CT molecular complexity index is 410. The van der Waals surface area contributed by atoms with Crippen LogP contribution in [0.2, 0.25) is 0 Å². The number of carboxylic acids is 1. The lowest BCUT2D eigenvalue weighted by molar-refractivity contribution is -0.138. The number of aromatic nitrogens is 2. The van der Waals surface area contributed by atoms with Crippen LogP contribution in [0.25, 0.3) is 0 Å². The molecule has 1 aromatic heterocycles. The Morgan fingerprint density at radius 1 is 1.71 bits per heavy atom. The van der Waals surface area contributed by atoms with Crippen molar-refractivity contribution in [3.05, 3.63) is 12.3 Å². The average molecular weight is 219 g/mol. The van der Waals surface area contributed by atoms with Crippen LogP contribution in [0.4, 0.5) is 0 Å². The number of carboxylic acid groups (broad SMARTS) is 1. The van der Waals surface area contributed by atoms with Crippen LogP contribution in [-0.4, -0.2) is 35.7 Å². The number of hydrogen-bond donors (Lipinski definition) is 3. The van der Waals surface area contributed by atoms with E-state index in [-0.39, 0.29) is 5.03 Å². The van der Waals surface area contributed by atoms with Gasteiger partial charge in [-0.05, 0) is 13.0 Å². The molecule has 3 N–H and O–H groups in total. The number of rotatable bonds is 4. The van der Waals surface area contributed by atoms with E-state index in [1.807, 2.05) is 4.72 Å². The molecule has 0 radical (unpaired) electrons. The van der Waals surface area contributed by atoms with Gasteiger partial charge in [0.25, 0.3) is 10.0 Å². The Morgan fingerprint density at radius 2 is 2.36 bits per heavy atom. The fourth-order valence-corrected chi connectivity index (χ4v) is 1.85. The Hall–Kier alpha value is -1.41. The molecule has 1 heterocycles. The van der Waals surface area contributed by atoms with Gasteiger partial charge in [-0.2, -0.15) is 9.82 Å². The fraction of sp³-hybridized carbons (Fsp3) is 0.333. The van der Waals surface area contributed by atoms with Gasteiger partial charge in [-0.25, -0.2) is 8.42 Å². The van der Waals surface area contributed by atoms with E-state index in [0.29, 0.717) is 0 Å². The number of aliphatic carboxylic acids is 1. The molecule has 8 heteroatoms. The quantitative estimate of drug-likeness (QED) is 0.611. The van der Waals surface area contributed by atoms with Gasteiger partial charge in [0.1, 0.15) is 6.04 Å². The summed E-state index contributed by atoms with van der Waals surface area (Å²) in [7, 11) is -3.81. The van der Waals surface area contributed by atoms with Gasteiger partial charge in [0.15, 0.2) is 5.03 Å². The molecule has 7 nitrogen and oxygen atoms in total. The van der Waals surface area contributed by atoms with Crippen molar-refractivity contribution in [2.45, 2.75) is 18.0 Å². The van der Waals surface area contributed by atoms with Crippen LogP contribution in [0.15, 0.2) is 17.3 Å². The topological polar surface area (TPSA) is 112 Å². The summed E-state index contributed by atoms with van der Waals surface area (Å²) in [6.45, 7) is 1.23. The first-order chi connectivity index (χ1) is 6.43. The van der Waals surface area contributed by atoms with Gasteiger partial charge in [-0.15, -0.1) is 0 Å². The predicted octanol–water partition coefficient (Wildman–Crippen LogP) is -0.839. The zero-order valence-corrected chi connectivity index (χ0v) is 8.08. The van der Waals surface area contributed by atoms with E-state index in [0.717, 1.165) is 0 Å². The number of aromatic amines is 1. The maximum absolute atomic E-state index is 11.4. The lowest BCUT2D eigenvalue weighted by atomic mass is 10.4. The highest BCUT2D eigenvalue weighted by molar-refractivity contribution is 7.89. The van der Waals surface area contributed by atoms with Gasteiger partial charge >= 0.3 is 5.97 Å². The van der Waals surface area contributed by atoms with Crippen molar-refractivity contribution in [3.63, 3.8) is 0 Å². The normalized spacial score (nSPS) is 13.8. The van der Waals surface area contributed by atoms with Gasteiger partial charge < -0.3 is 5.11 Å². The fourth-order valence-electron chi connectivity index (χ4n) is 0.739. The minimum absolute atomic E-state index is 0.161. The molecule has 0 bridgehead atoms. The molecule has 0 saturated heterocycles. The molecule has 0 unspecified atom stereocenters. The van der Waals surface area contributed by atoms with E-state index in [2.05, 4.69) is 10.2 Å². The minimum Gasteiger partial charge on any atom is -0.480 e. The lowest BCUT2D eigenvalue weighted by Gasteiger charge is -2.07. The number of sulfonamides is 1. The molecule has 0 amide bonds. The number of carbonyl (C=O) groups is 1. The monoisotopic (exact) mass is 219 g/mol.